The molecule has 0 spiro atoms. The number of benzene rings is 4. The monoisotopic (exact) mass is 469 g/mol. The van der Waals surface area contributed by atoms with Gasteiger partial charge in [-0.25, -0.2) is 9.18 Å². The van der Waals surface area contributed by atoms with Crippen LogP contribution in [0.15, 0.2) is 91.0 Å². The molecule has 0 aliphatic carbocycles. The fourth-order valence-corrected chi connectivity index (χ4v) is 4.30. The van der Waals surface area contributed by atoms with E-state index in [1.54, 1.807) is 24.3 Å². The normalized spacial score (nSPS) is 15.6. The lowest BCUT2D eigenvalue weighted by molar-refractivity contribution is -0.128. The molecule has 5 rings (SSSR count). The summed E-state index contributed by atoms with van der Waals surface area (Å²) in [5.41, 5.74) is 2.00. The van der Waals surface area contributed by atoms with Crippen molar-refractivity contribution in [3.05, 3.63) is 102 Å². The van der Waals surface area contributed by atoms with Crippen LogP contribution in [-0.4, -0.2) is 24.6 Å². The number of nitrogens with zero attached hydrogens (tertiary/aromatic N) is 1. The lowest BCUT2D eigenvalue weighted by Crippen LogP contribution is -2.52. The smallest absolute Gasteiger partial charge is 0.326 e. The fourth-order valence-electron chi connectivity index (χ4n) is 4.30. The Morgan fingerprint density at radius 2 is 1.66 bits per heavy atom. The highest BCUT2D eigenvalue weighted by atomic mass is 19.1. The predicted molar refractivity (Wildman–Crippen MR) is 134 cm³/mol. The SMILES string of the molecule is C[C@@H](NC(=O)C1CN(C(=O)Nc2ccc(F)cc2)c2ccccc2O1)c1cccc2ccccc12. The van der Waals surface area contributed by atoms with Gasteiger partial charge in [-0.15, -0.1) is 0 Å². The second-order valence-electron chi connectivity index (χ2n) is 8.42. The Labute approximate surface area is 202 Å². The Balaban J connectivity index is 1.35. The van der Waals surface area contributed by atoms with E-state index in [0.29, 0.717) is 17.1 Å². The van der Waals surface area contributed by atoms with Gasteiger partial charge in [0.2, 0.25) is 0 Å². The molecule has 0 fully saturated rings. The van der Waals surface area contributed by atoms with Crippen LogP contribution < -0.4 is 20.3 Å². The van der Waals surface area contributed by atoms with Gasteiger partial charge in [0, 0.05) is 5.69 Å². The van der Waals surface area contributed by atoms with Crippen molar-refractivity contribution in [2.45, 2.75) is 19.1 Å². The summed E-state index contributed by atoms with van der Waals surface area (Å²) in [7, 11) is 0. The highest BCUT2D eigenvalue weighted by Crippen LogP contribution is 2.34. The van der Waals surface area contributed by atoms with E-state index in [0.717, 1.165) is 16.3 Å². The van der Waals surface area contributed by atoms with Crippen molar-refractivity contribution >= 4 is 34.1 Å². The predicted octanol–water partition coefficient (Wildman–Crippen LogP) is 5.66. The Kier molecular flexibility index (Phi) is 6.06. The molecule has 0 saturated carbocycles. The number of rotatable bonds is 4. The van der Waals surface area contributed by atoms with Gasteiger partial charge in [0.15, 0.2) is 6.10 Å². The minimum Gasteiger partial charge on any atom is -0.477 e. The third-order valence-corrected chi connectivity index (χ3v) is 6.06. The molecule has 176 valence electrons. The number of anilines is 2. The number of carbonyl (C=O) groups is 2. The van der Waals surface area contributed by atoms with E-state index in [1.165, 1.54) is 29.2 Å². The quantitative estimate of drug-likeness (QED) is 0.405. The minimum atomic E-state index is -0.902. The van der Waals surface area contributed by atoms with E-state index in [1.807, 2.05) is 49.4 Å². The van der Waals surface area contributed by atoms with E-state index >= 15 is 0 Å². The lowest BCUT2D eigenvalue weighted by Gasteiger charge is -2.34. The number of fused-ring (bicyclic) bond motifs is 2. The zero-order valence-electron chi connectivity index (χ0n) is 19.1. The first kappa shape index (κ1) is 22.4. The minimum absolute atomic E-state index is 0.0259. The molecule has 1 aliphatic heterocycles. The van der Waals surface area contributed by atoms with Crippen molar-refractivity contribution in [2.24, 2.45) is 0 Å². The van der Waals surface area contributed by atoms with Crippen molar-refractivity contribution in [2.75, 3.05) is 16.8 Å². The van der Waals surface area contributed by atoms with E-state index in [9.17, 15) is 14.0 Å². The highest BCUT2D eigenvalue weighted by Gasteiger charge is 2.34. The van der Waals surface area contributed by atoms with Gasteiger partial charge in [0.1, 0.15) is 11.6 Å². The standard InChI is InChI=1S/C28H24FN3O3/c1-18(22-10-6-8-19-7-2-3-9-23(19)22)30-27(33)26-17-32(24-11-4-5-12-25(24)35-26)28(34)31-21-15-13-20(29)14-16-21/h2-16,18,26H,17H2,1H3,(H,30,33)(H,31,34)/t18-,26?/m1/s1. The van der Waals surface area contributed by atoms with Crippen LogP contribution in [0.1, 0.15) is 18.5 Å². The van der Waals surface area contributed by atoms with Gasteiger partial charge in [-0.1, -0.05) is 54.6 Å². The van der Waals surface area contributed by atoms with Gasteiger partial charge in [0.05, 0.1) is 18.3 Å². The summed E-state index contributed by atoms with van der Waals surface area (Å²) in [6.07, 6.45) is -0.902. The van der Waals surface area contributed by atoms with Gasteiger partial charge >= 0.3 is 6.03 Å². The molecule has 6 nitrogen and oxygen atoms in total. The summed E-state index contributed by atoms with van der Waals surface area (Å²) in [4.78, 5) is 27.8. The lowest BCUT2D eigenvalue weighted by atomic mass is 9.99. The van der Waals surface area contributed by atoms with Crippen LogP contribution >= 0.6 is 0 Å². The number of para-hydroxylation sites is 2. The molecule has 0 saturated heterocycles. The number of halogens is 1. The Morgan fingerprint density at radius 1 is 0.943 bits per heavy atom. The van der Waals surface area contributed by atoms with Crippen molar-refractivity contribution < 1.29 is 18.7 Å². The molecule has 35 heavy (non-hydrogen) atoms. The molecular weight excluding hydrogens is 445 g/mol. The molecule has 4 aromatic carbocycles. The molecule has 2 atom stereocenters. The number of urea groups is 1. The van der Waals surface area contributed by atoms with Gasteiger partial charge in [0.25, 0.3) is 5.91 Å². The van der Waals surface area contributed by atoms with E-state index in [2.05, 4.69) is 10.6 Å². The van der Waals surface area contributed by atoms with Crippen LogP contribution in [0.3, 0.4) is 0 Å². The topological polar surface area (TPSA) is 70.7 Å². The van der Waals surface area contributed by atoms with E-state index in [-0.39, 0.29) is 18.5 Å². The third kappa shape index (κ3) is 4.66. The first-order valence-electron chi connectivity index (χ1n) is 11.4. The Hall–Kier alpha value is -4.39. The second kappa shape index (κ2) is 9.46. The molecule has 0 bridgehead atoms. The van der Waals surface area contributed by atoms with Crippen LogP contribution in [-0.2, 0) is 4.79 Å². The van der Waals surface area contributed by atoms with Crippen LogP contribution in [0.2, 0.25) is 0 Å². The summed E-state index contributed by atoms with van der Waals surface area (Å²) in [6, 6.07) is 25.9. The van der Waals surface area contributed by atoms with Crippen molar-refractivity contribution in [3.8, 4) is 5.75 Å². The molecule has 3 amide bonds. The van der Waals surface area contributed by atoms with Crippen molar-refractivity contribution in [1.29, 1.82) is 0 Å². The molecular formula is C28H24FN3O3. The number of carbonyl (C=O) groups excluding carboxylic acids is 2. The zero-order valence-corrected chi connectivity index (χ0v) is 19.1. The maximum absolute atomic E-state index is 13.3. The number of amides is 3. The highest BCUT2D eigenvalue weighted by molar-refractivity contribution is 6.04. The van der Waals surface area contributed by atoms with Gasteiger partial charge < -0.3 is 15.4 Å². The van der Waals surface area contributed by atoms with Gasteiger partial charge in [-0.3, -0.25) is 9.69 Å². The van der Waals surface area contributed by atoms with Crippen molar-refractivity contribution in [1.82, 2.24) is 5.32 Å². The third-order valence-electron chi connectivity index (χ3n) is 6.06. The summed E-state index contributed by atoms with van der Waals surface area (Å²) in [5.74, 6) is -0.276. The van der Waals surface area contributed by atoms with Gasteiger partial charge in [-0.2, -0.15) is 0 Å². The summed E-state index contributed by atoms with van der Waals surface area (Å²) in [6.45, 7) is 1.95. The molecule has 1 aliphatic rings. The zero-order chi connectivity index (χ0) is 24.4. The number of nitrogens with one attached hydrogen (secondary N) is 2. The molecule has 0 aromatic heterocycles. The Morgan fingerprint density at radius 3 is 2.49 bits per heavy atom. The Bertz CT molecular complexity index is 1380. The summed E-state index contributed by atoms with van der Waals surface area (Å²) < 4.78 is 19.2. The maximum Gasteiger partial charge on any atom is 0.326 e. The second-order valence-corrected chi connectivity index (χ2v) is 8.42. The van der Waals surface area contributed by atoms with Gasteiger partial charge in [-0.05, 0) is 59.7 Å². The number of hydrogen-bond donors (Lipinski definition) is 2. The summed E-state index contributed by atoms with van der Waals surface area (Å²) in [5, 5.41) is 7.96. The van der Waals surface area contributed by atoms with Crippen LogP contribution in [0.5, 0.6) is 5.75 Å². The van der Waals surface area contributed by atoms with E-state index in [4.69, 9.17) is 4.74 Å². The molecule has 0 radical (unpaired) electrons. The average molecular weight is 470 g/mol. The number of ether oxygens (including phenoxy) is 1. The average Bonchev–Trinajstić information content (AvgIpc) is 2.88. The first-order chi connectivity index (χ1) is 17.0. The molecule has 4 aromatic rings. The molecule has 1 unspecified atom stereocenters. The largest absolute Gasteiger partial charge is 0.477 e. The van der Waals surface area contributed by atoms with Crippen molar-refractivity contribution in [3.63, 3.8) is 0 Å². The fraction of sp³-hybridized carbons (Fsp3) is 0.143. The van der Waals surface area contributed by atoms with Crippen LogP contribution in [0.4, 0.5) is 20.6 Å². The molecule has 1 heterocycles. The maximum atomic E-state index is 13.3. The number of hydrogen-bond acceptors (Lipinski definition) is 3. The van der Waals surface area contributed by atoms with E-state index < -0.39 is 18.0 Å². The van der Waals surface area contributed by atoms with Crippen LogP contribution in [0, 0.1) is 5.82 Å². The summed E-state index contributed by atoms with van der Waals surface area (Å²) >= 11 is 0. The molecule has 2 N–H and O–H groups in total. The van der Waals surface area contributed by atoms with Crippen LogP contribution in [0.25, 0.3) is 10.8 Å². The molecule has 7 heteroatoms. The first-order valence-corrected chi connectivity index (χ1v) is 11.4.